The molecule has 0 saturated heterocycles. The molecule has 0 aliphatic rings. The number of nitrogens with zero attached hydrogens (tertiary/aromatic N) is 1. The van der Waals surface area contributed by atoms with Crippen molar-refractivity contribution in [2.75, 3.05) is 20.1 Å². The molecule has 98 valence electrons. The molecule has 0 heterocycles. The minimum Gasteiger partial charge on any atom is -0.351 e. The zero-order valence-electron chi connectivity index (χ0n) is 10.5. The smallest absolute Gasteiger partial charge is 0.273 e. The summed E-state index contributed by atoms with van der Waals surface area (Å²) in [4.78, 5) is 22.2. The summed E-state index contributed by atoms with van der Waals surface area (Å²) in [6, 6.07) is 4.57. The van der Waals surface area contributed by atoms with Crippen LogP contribution in [0.2, 0.25) is 0 Å². The topological polar surface area (TPSA) is 84.3 Å². The largest absolute Gasteiger partial charge is 0.351 e. The van der Waals surface area contributed by atoms with E-state index in [1.54, 1.807) is 19.2 Å². The summed E-state index contributed by atoms with van der Waals surface area (Å²) in [5.74, 6) is -0.295. The van der Waals surface area contributed by atoms with Gasteiger partial charge in [0, 0.05) is 30.3 Å². The van der Waals surface area contributed by atoms with Crippen molar-refractivity contribution in [3.63, 3.8) is 0 Å². The third kappa shape index (κ3) is 3.53. The van der Waals surface area contributed by atoms with E-state index in [9.17, 15) is 14.9 Å². The van der Waals surface area contributed by atoms with Crippen molar-refractivity contribution in [3.8, 4) is 0 Å². The molecule has 0 fully saturated rings. The van der Waals surface area contributed by atoms with E-state index >= 15 is 0 Å². The summed E-state index contributed by atoms with van der Waals surface area (Å²) in [5.41, 5.74) is 0.945. The van der Waals surface area contributed by atoms with Crippen molar-refractivity contribution in [2.24, 2.45) is 0 Å². The van der Waals surface area contributed by atoms with Crippen molar-refractivity contribution >= 4 is 11.6 Å². The average Bonchev–Trinajstić information content (AvgIpc) is 2.38. The molecule has 0 spiro atoms. The monoisotopic (exact) mass is 251 g/mol. The van der Waals surface area contributed by atoms with Crippen molar-refractivity contribution in [2.45, 2.75) is 13.3 Å². The summed E-state index contributed by atoms with van der Waals surface area (Å²) in [5, 5.41) is 16.5. The zero-order valence-corrected chi connectivity index (χ0v) is 10.5. The Morgan fingerprint density at radius 2 is 2.11 bits per heavy atom. The van der Waals surface area contributed by atoms with Crippen LogP contribution in [-0.4, -0.2) is 31.0 Å². The molecule has 0 aliphatic heterocycles. The second kappa shape index (κ2) is 6.70. The molecule has 0 atom stereocenters. The van der Waals surface area contributed by atoms with Crippen LogP contribution in [0, 0.1) is 10.1 Å². The number of benzene rings is 1. The van der Waals surface area contributed by atoms with Crippen LogP contribution in [0.5, 0.6) is 0 Å². The van der Waals surface area contributed by atoms with Gasteiger partial charge in [0.25, 0.3) is 11.6 Å². The first-order chi connectivity index (χ1) is 8.60. The van der Waals surface area contributed by atoms with Gasteiger partial charge in [-0.2, -0.15) is 0 Å². The normalized spacial score (nSPS) is 10.1. The molecule has 18 heavy (non-hydrogen) atoms. The average molecular weight is 251 g/mol. The van der Waals surface area contributed by atoms with Gasteiger partial charge in [-0.1, -0.05) is 13.0 Å². The van der Waals surface area contributed by atoms with Crippen molar-refractivity contribution in [3.05, 3.63) is 39.4 Å². The van der Waals surface area contributed by atoms with Crippen LogP contribution in [0.4, 0.5) is 5.69 Å². The highest BCUT2D eigenvalue weighted by Crippen LogP contribution is 2.20. The fourth-order valence-corrected chi connectivity index (χ4v) is 1.58. The maximum absolute atomic E-state index is 11.7. The summed E-state index contributed by atoms with van der Waals surface area (Å²) in [6.45, 7) is 2.98. The first kappa shape index (κ1) is 14.1. The fraction of sp³-hybridized carbons (Fsp3) is 0.417. The number of aryl methyl sites for hydroxylation is 1. The van der Waals surface area contributed by atoms with E-state index in [0.717, 1.165) is 0 Å². The van der Waals surface area contributed by atoms with Crippen LogP contribution in [0.25, 0.3) is 0 Å². The molecule has 1 rings (SSSR count). The predicted molar refractivity (Wildman–Crippen MR) is 68.7 cm³/mol. The molecule has 1 aromatic rings. The van der Waals surface area contributed by atoms with Crippen LogP contribution in [0.15, 0.2) is 18.2 Å². The Morgan fingerprint density at radius 1 is 1.39 bits per heavy atom. The molecule has 1 aromatic carbocycles. The lowest BCUT2D eigenvalue weighted by Gasteiger charge is -2.06. The van der Waals surface area contributed by atoms with Gasteiger partial charge in [0.15, 0.2) is 0 Å². The van der Waals surface area contributed by atoms with E-state index in [1.807, 2.05) is 6.92 Å². The van der Waals surface area contributed by atoms with Crippen molar-refractivity contribution in [1.29, 1.82) is 0 Å². The summed E-state index contributed by atoms with van der Waals surface area (Å²) >= 11 is 0. The number of amides is 1. The molecular weight excluding hydrogens is 234 g/mol. The molecule has 0 saturated carbocycles. The first-order valence-corrected chi connectivity index (χ1v) is 5.80. The minimum absolute atomic E-state index is 0.00114. The zero-order chi connectivity index (χ0) is 13.5. The molecule has 0 aliphatic carbocycles. The Kier molecular flexibility index (Phi) is 5.26. The SMILES string of the molecule is CCc1ccc(C(=O)NCCNC)cc1[N+](=O)[O-]. The molecule has 0 aromatic heterocycles. The van der Waals surface area contributed by atoms with Gasteiger partial charge in [-0.15, -0.1) is 0 Å². The van der Waals surface area contributed by atoms with Gasteiger partial charge in [0.2, 0.25) is 0 Å². The second-order valence-electron chi connectivity index (χ2n) is 3.81. The molecule has 0 radical (unpaired) electrons. The van der Waals surface area contributed by atoms with E-state index in [-0.39, 0.29) is 11.6 Å². The minimum atomic E-state index is -0.455. The molecule has 0 unspecified atom stereocenters. The Morgan fingerprint density at radius 3 is 2.67 bits per heavy atom. The molecule has 0 bridgehead atoms. The Labute approximate surface area is 106 Å². The Hall–Kier alpha value is -1.95. The summed E-state index contributed by atoms with van der Waals surface area (Å²) in [7, 11) is 1.78. The number of rotatable bonds is 6. The maximum atomic E-state index is 11.7. The fourth-order valence-electron chi connectivity index (χ4n) is 1.58. The van der Waals surface area contributed by atoms with Crippen LogP contribution < -0.4 is 10.6 Å². The number of nitro benzene ring substituents is 1. The number of nitrogens with one attached hydrogen (secondary N) is 2. The number of hydrogen-bond donors (Lipinski definition) is 2. The number of nitro groups is 1. The first-order valence-electron chi connectivity index (χ1n) is 5.80. The van der Waals surface area contributed by atoms with Gasteiger partial charge in [0.05, 0.1) is 4.92 Å². The van der Waals surface area contributed by atoms with Gasteiger partial charge in [-0.05, 0) is 19.5 Å². The van der Waals surface area contributed by atoms with Gasteiger partial charge in [0.1, 0.15) is 0 Å². The number of carbonyl (C=O) groups excluding carboxylic acids is 1. The third-order valence-corrected chi connectivity index (χ3v) is 2.59. The highest BCUT2D eigenvalue weighted by Gasteiger charge is 2.15. The van der Waals surface area contributed by atoms with E-state index in [1.165, 1.54) is 6.07 Å². The number of likely N-dealkylation sites (N-methyl/N-ethyl adjacent to an activating group) is 1. The summed E-state index contributed by atoms with van der Waals surface area (Å²) in [6.07, 6.45) is 0.567. The van der Waals surface area contributed by atoms with Crippen molar-refractivity contribution in [1.82, 2.24) is 10.6 Å². The maximum Gasteiger partial charge on any atom is 0.273 e. The van der Waals surface area contributed by atoms with Crippen LogP contribution >= 0.6 is 0 Å². The molecule has 1 amide bonds. The summed E-state index contributed by atoms with van der Waals surface area (Å²) < 4.78 is 0. The molecule has 6 nitrogen and oxygen atoms in total. The lowest BCUT2D eigenvalue weighted by molar-refractivity contribution is -0.385. The predicted octanol–water partition coefficient (Wildman–Crippen LogP) is 1.11. The van der Waals surface area contributed by atoms with E-state index in [4.69, 9.17) is 0 Å². The van der Waals surface area contributed by atoms with Gasteiger partial charge >= 0.3 is 0 Å². The number of hydrogen-bond acceptors (Lipinski definition) is 4. The second-order valence-corrected chi connectivity index (χ2v) is 3.81. The highest BCUT2D eigenvalue weighted by atomic mass is 16.6. The van der Waals surface area contributed by atoms with Gasteiger partial charge in [-0.25, -0.2) is 0 Å². The van der Waals surface area contributed by atoms with E-state index in [0.29, 0.717) is 30.6 Å². The third-order valence-electron chi connectivity index (χ3n) is 2.59. The number of carbonyl (C=O) groups is 1. The Balaban J connectivity index is 2.87. The Bertz CT molecular complexity index is 446. The van der Waals surface area contributed by atoms with Crippen LogP contribution in [-0.2, 0) is 6.42 Å². The van der Waals surface area contributed by atoms with E-state index < -0.39 is 4.92 Å². The molecule has 6 heteroatoms. The highest BCUT2D eigenvalue weighted by molar-refractivity contribution is 5.95. The molecular formula is C12H17N3O3. The molecule has 2 N–H and O–H groups in total. The van der Waals surface area contributed by atoms with Crippen LogP contribution in [0.3, 0.4) is 0 Å². The van der Waals surface area contributed by atoms with Crippen LogP contribution in [0.1, 0.15) is 22.8 Å². The van der Waals surface area contributed by atoms with E-state index in [2.05, 4.69) is 10.6 Å². The lowest BCUT2D eigenvalue weighted by Crippen LogP contribution is -2.30. The van der Waals surface area contributed by atoms with Crippen molar-refractivity contribution < 1.29 is 9.72 Å². The van der Waals surface area contributed by atoms with Gasteiger partial charge < -0.3 is 10.6 Å². The lowest BCUT2D eigenvalue weighted by atomic mass is 10.1. The van der Waals surface area contributed by atoms with Gasteiger partial charge in [-0.3, -0.25) is 14.9 Å². The quantitative estimate of drug-likeness (QED) is 0.450. The standard InChI is InChI=1S/C12H17N3O3/c1-3-9-4-5-10(8-11(9)15(17)18)12(16)14-7-6-13-2/h4-5,8,13H,3,6-7H2,1-2H3,(H,14,16).